The number of carbonyl (C=O) groups excluding carboxylic acids is 7. The highest BCUT2D eigenvalue weighted by Gasteiger charge is 2.40. The molecule has 1 rings (SSSR count). The largest absolute Gasteiger partial charge is 0.479 e. The zero-order valence-electron chi connectivity index (χ0n) is 31.6. The molecule has 324 valence electrons. The average molecular weight is 822 g/mol. The van der Waals surface area contributed by atoms with Crippen molar-refractivity contribution < 1.29 is 84.1 Å². The first-order valence-electron chi connectivity index (χ1n) is 18.3. The Kier molecular flexibility index (Phi) is 22.2. The second kappa shape index (κ2) is 25.3. The smallest absolute Gasteiger partial charge is 0.335 e. The number of nitrogens with one attached hydrogen (secondary N) is 6. The Bertz CT molecular complexity index is 1420. The van der Waals surface area contributed by atoms with Crippen molar-refractivity contribution in [3.8, 4) is 0 Å². The molecule has 0 radical (unpaired) electrons. The summed E-state index contributed by atoms with van der Waals surface area (Å²) in [6.45, 7) is 0.647. The lowest BCUT2D eigenvalue weighted by atomic mass is 10.1. The molecule has 0 aromatic carbocycles. The van der Waals surface area contributed by atoms with Crippen molar-refractivity contribution in [2.75, 3.05) is 19.8 Å². The van der Waals surface area contributed by atoms with Gasteiger partial charge < -0.3 is 67.6 Å². The number of rotatable bonds is 26. The standard InChI is InChI=1S/C33H55N7O17/c1-3-4-5-6-7-8-9-12-20(44)37-22(24(45)32(53)54)29(50)36-19(15-42)27(48)39-23(25(46)33(55)56)30(51)38-21(16(2)43)28(49)35-18(14-41)26(47)34-17-11-10-13-40(57)31(17)52/h16-19,21-25,41-43,45-46,57H,3-15H2,1-2H3,(H,34,47)(H,35,49)(H,36,50)(H,37,44)(H,38,51)(H,39,48)(H,53,54)(H,55,56). The van der Waals surface area contributed by atoms with Crippen LogP contribution >= 0.6 is 0 Å². The van der Waals surface area contributed by atoms with Gasteiger partial charge in [-0.3, -0.25) is 38.8 Å². The van der Waals surface area contributed by atoms with E-state index in [4.69, 9.17) is 0 Å². The van der Waals surface area contributed by atoms with Crippen molar-refractivity contribution in [3.05, 3.63) is 0 Å². The number of carbonyl (C=O) groups is 9. The van der Waals surface area contributed by atoms with Crippen LogP contribution in [0.2, 0.25) is 0 Å². The minimum Gasteiger partial charge on any atom is -0.479 e. The predicted octanol–water partition coefficient (Wildman–Crippen LogP) is -5.70. The van der Waals surface area contributed by atoms with Gasteiger partial charge in [0.2, 0.25) is 35.4 Å². The highest BCUT2D eigenvalue weighted by molar-refractivity contribution is 5.99. The molecule has 7 amide bonds. The molecule has 24 nitrogen and oxygen atoms in total. The van der Waals surface area contributed by atoms with E-state index in [1.807, 2.05) is 16.0 Å². The van der Waals surface area contributed by atoms with Gasteiger partial charge in [0.15, 0.2) is 12.2 Å². The normalized spacial score (nSPS) is 18.3. The molecule has 1 aliphatic heterocycles. The lowest BCUT2D eigenvalue weighted by molar-refractivity contribution is -0.173. The van der Waals surface area contributed by atoms with Crippen LogP contribution in [0.15, 0.2) is 0 Å². The van der Waals surface area contributed by atoms with Gasteiger partial charge in [-0.15, -0.1) is 0 Å². The zero-order chi connectivity index (χ0) is 43.4. The molecule has 1 saturated heterocycles. The molecule has 0 spiro atoms. The van der Waals surface area contributed by atoms with Crippen molar-refractivity contribution in [1.82, 2.24) is 37.0 Å². The highest BCUT2D eigenvalue weighted by atomic mass is 16.5. The summed E-state index contributed by atoms with van der Waals surface area (Å²) in [5, 5.41) is 90.8. The third-order valence-corrected chi connectivity index (χ3v) is 8.75. The monoisotopic (exact) mass is 821 g/mol. The van der Waals surface area contributed by atoms with Gasteiger partial charge in [-0.05, 0) is 26.2 Å². The van der Waals surface area contributed by atoms with Gasteiger partial charge in [-0.2, -0.15) is 0 Å². The van der Waals surface area contributed by atoms with E-state index < -0.39 is 121 Å². The molecule has 0 bridgehead atoms. The van der Waals surface area contributed by atoms with Crippen LogP contribution in [0, 0.1) is 0 Å². The molecule has 0 aromatic rings. The first kappa shape index (κ1) is 50.0. The van der Waals surface area contributed by atoms with Crippen LogP contribution < -0.4 is 31.9 Å². The number of carboxylic acid groups (broad SMARTS) is 2. The number of hydrogen-bond acceptors (Lipinski definition) is 15. The van der Waals surface area contributed by atoms with Crippen LogP contribution in [0.5, 0.6) is 0 Å². The fourth-order valence-electron chi connectivity index (χ4n) is 5.43. The lowest BCUT2D eigenvalue weighted by Crippen LogP contribution is -2.65. The molecule has 1 heterocycles. The molecular weight excluding hydrogens is 766 g/mol. The SMILES string of the molecule is CCCCCCCCCC(=O)NC(C(=O)NC(CO)C(=O)NC(C(=O)NC(C(=O)NC(CO)C(=O)NC1CCCN(O)C1=O)C(C)O)C(O)C(=O)O)C(O)C(=O)O. The molecule has 57 heavy (non-hydrogen) atoms. The first-order valence-corrected chi connectivity index (χ1v) is 18.3. The Morgan fingerprint density at radius 2 is 1.12 bits per heavy atom. The third-order valence-electron chi connectivity index (χ3n) is 8.75. The molecular formula is C33H55N7O17. The van der Waals surface area contributed by atoms with Gasteiger partial charge in [-0.25, -0.2) is 14.7 Å². The summed E-state index contributed by atoms with van der Waals surface area (Å²) in [5.74, 6) is -12.9. The van der Waals surface area contributed by atoms with Gasteiger partial charge in [0, 0.05) is 13.0 Å². The Balaban J connectivity index is 3.09. The number of aliphatic carboxylic acids is 2. The average Bonchev–Trinajstić information content (AvgIpc) is 3.16. The minimum absolute atomic E-state index is 0.00489. The maximum Gasteiger partial charge on any atom is 0.335 e. The molecule has 0 aromatic heterocycles. The van der Waals surface area contributed by atoms with Crippen molar-refractivity contribution in [2.24, 2.45) is 0 Å². The molecule has 1 aliphatic rings. The Morgan fingerprint density at radius 3 is 1.63 bits per heavy atom. The molecule has 9 unspecified atom stereocenters. The topological polar surface area (TPSA) is 391 Å². The van der Waals surface area contributed by atoms with Gasteiger partial charge >= 0.3 is 11.9 Å². The summed E-state index contributed by atoms with van der Waals surface area (Å²) in [5.41, 5.74) is 0. The Hall–Kier alpha value is -5.01. The quantitative estimate of drug-likeness (QED) is 0.0286. The predicted molar refractivity (Wildman–Crippen MR) is 190 cm³/mol. The number of hydrogen-bond donors (Lipinski definition) is 14. The van der Waals surface area contributed by atoms with E-state index in [0.29, 0.717) is 24.3 Å². The van der Waals surface area contributed by atoms with Crippen LogP contribution in [0.3, 0.4) is 0 Å². The fourth-order valence-corrected chi connectivity index (χ4v) is 5.43. The maximum atomic E-state index is 13.2. The number of carboxylic acids is 2. The summed E-state index contributed by atoms with van der Waals surface area (Å²) in [6.07, 6.45) is -1.01. The van der Waals surface area contributed by atoms with Crippen molar-refractivity contribution >= 4 is 53.3 Å². The lowest BCUT2D eigenvalue weighted by Gasteiger charge is -2.30. The van der Waals surface area contributed by atoms with Crippen LogP contribution in [-0.2, 0) is 43.2 Å². The Morgan fingerprint density at radius 1 is 0.667 bits per heavy atom. The van der Waals surface area contributed by atoms with Crippen molar-refractivity contribution in [3.63, 3.8) is 0 Å². The molecule has 24 heteroatoms. The molecule has 0 saturated carbocycles. The number of nitrogens with zero attached hydrogens (tertiary/aromatic N) is 1. The highest BCUT2D eigenvalue weighted by Crippen LogP contribution is 2.11. The number of aliphatic hydroxyl groups is 5. The van der Waals surface area contributed by atoms with E-state index in [1.54, 1.807) is 5.32 Å². The van der Waals surface area contributed by atoms with Gasteiger partial charge in [0.1, 0.15) is 36.3 Å². The van der Waals surface area contributed by atoms with Crippen molar-refractivity contribution in [2.45, 2.75) is 133 Å². The second-order valence-electron chi connectivity index (χ2n) is 13.3. The number of aliphatic hydroxyl groups excluding tert-OH is 5. The number of amides is 7. The number of piperidine rings is 1. The van der Waals surface area contributed by atoms with E-state index in [1.165, 1.54) is 0 Å². The van der Waals surface area contributed by atoms with Crippen LogP contribution in [0.25, 0.3) is 0 Å². The summed E-state index contributed by atoms with van der Waals surface area (Å²) in [7, 11) is 0. The number of hydroxylamine groups is 2. The van der Waals surface area contributed by atoms with Crippen LogP contribution in [-0.4, -0.2) is 174 Å². The third kappa shape index (κ3) is 16.6. The van der Waals surface area contributed by atoms with Gasteiger partial charge in [-0.1, -0.05) is 45.4 Å². The van der Waals surface area contributed by atoms with Crippen LogP contribution in [0.4, 0.5) is 0 Å². The maximum absolute atomic E-state index is 13.2. The fraction of sp³-hybridized carbons (Fsp3) is 0.727. The van der Waals surface area contributed by atoms with Crippen molar-refractivity contribution in [1.29, 1.82) is 0 Å². The van der Waals surface area contributed by atoms with E-state index in [0.717, 1.165) is 39.0 Å². The van der Waals surface area contributed by atoms with E-state index in [-0.39, 0.29) is 19.4 Å². The Labute approximate surface area is 326 Å². The molecule has 1 fully saturated rings. The zero-order valence-corrected chi connectivity index (χ0v) is 31.6. The number of unbranched alkanes of at least 4 members (excludes halogenated alkanes) is 6. The van der Waals surface area contributed by atoms with Crippen LogP contribution in [0.1, 0.15) is 78.1 Å². The summed E-state index contributed by atoms with van der Waals surface area (Å²) in [6, 6.07) is -11.9. The van der Waals surface area contributed by atoms with E-state index >= 15 is 0 Å². The van der Waals surface area contributed by atoms with Gasteiger partial charge in [0.25, 0.3) is 5.91 Å². The van der Waals surface area contributed by atoms with Gasteiger partial charge in [0.05, 0.1) is 19.3 Å². The molecule has 9 atom stereocenters. The van der Waals surface area contributed by atoms with E-state index in [2.05, 4.69) is 17.6 Å². The van der Waals surface area contributed by atoms with E-state index in [9.17, 15) is 84.1 Å². The summed E-state index contributed by atoms with van der Waals surface area (Å²) in [4.78, 5) is 113. The summed E-state index contributed by atoms with van der Waals surface area (Å²) < 4.78 is 0. The first-order chi connectivity index (χ1) is 26.8. The summed E-state index contributed by atoms with van der Waals surface area (Å²) >= 11 is 0. The second-order valence-corrected chi connectivity index (χ2v) is 13.3. The molecule has 14 N–H and O–H groups in total. The minimum atomic E-state index is -2.79. The molecule has 0 aliphatic carbocycles.